The van der Waals surface area contributed by atoms with Gasteiger partial charge in [-0.3, -0.25) is 0 Å². The maximum absolute atomic E-state index is 5.74. The molecule has 0 heterocycles. The van der Waals surface area contributed by atoms with Crippen molar-refractivity contribution in [2.24, 2.45) is 5.73 Å². The summed E-state index contributed by atoms with van der Waals surface area (Å²) < 4.78 is 11.5. The summed E-state index contributed by atoms with van der Waals surface area (Å²) >= 11 is 0. The number of hydrogen-bond donors (Lipinski definition) is 1. The van der Waals surface area contributed by atoms with Crippen LogP contribution in [0.5, 0.6) is 11.5 Å². The fourth-order valence-electron chi connectivity index (χ4n) is 2.21. The number of nitrogens with two attached hydrogens (primary N) is 1. The third-order valence-corrected chi connectivity index (χ3v) is 3.49. The fraction of sp³-hybridized carbons (Fsp3) is 0.368. The minimum absolute atomic E-state index is 0.656. The Morgan fingerprint density at radius 2 is 1.59 bits per heavy atom. The van der Waals surface area contributed by atoms with Gasteiger partial charge in [0.2, 0.25) is 0 Å². The third kappa shape index (κ3) is 5.41. The zero-order chi connectivity index (χ0) is 15.6. The molecule has 2 N–H and O–H groups in total. The maximum atomic E-state index is 5.74. The lowest BCUT2D eigenvalue weighted by Gasteiger charge is -2.09. The summed E-state index contributed by atoms with van der Waals surface area (Å²) in [5, 5.41) is 0. The Morgan fingerprint density at radius 1 is 0.864 bits per heavy atom. The van der Waals surface area contributed by atoms with Gasteiger partial charge in [-0.25, -0.2) is 0 Å². The van der Waals surface area contributed by atoms with Gasteiger partial charge in [-0.1, -0.05) is 31.2 Å². The van der Waals surface area contributed by atoms with Crippen molar-refractivity contribution in [3.63, 3.8) is 0 Å². The standard InChI is InChI=1S/C19H25NO2/c1-2-16-5-3-6-19(15-16)22-14-4-13-21-18-9-7-17(8-10-18)11-12-20/h3,5-10,15H,2,4,11-14,20H2,1H3. The van der Waals surface area contributed by atoms with Crippen LogP contribution in [0.2, 0.25) is 0 Å². The minimum Gasteiger partial charge on any atom is -0.493 e. The summed E-state index contributed by atoms with van der Waals surface area (Å²) in [5.41, 5.74) is 8.08. The monoisotopic (exact) mass is 299 g/mol. The van der Waals surface area contributed by atoms with E-state index < -0.39 is 0 Å². The van der Waals surface area contributed by atoms with Crippen LogP contribution in [0.4, 0.5) is 0 Å². The highest BCUT2D eigenvalue weighted by molar-refractivity contribution is 5.28. The average Bonchev–Trinajstić information content (AvgIpc) is 2.56. The molecular formula is C19H25NO2. The zero-order valence-corrected chi connectivity index (χ0v) is 13.3. The van der Waals surface area contributed by atoms with Gasteiger partial charge < -0.3 is 15.2 Å². The molecule has 2 aromatic carbocycles. The summed E-state index contributed by atoms with van der Waals surface area (Å²) in [6.07, 6.45) is 2.80. The highest BCUT2D eigenvalue weighted by atomic mass is 16.5. The molecule has 0 aromatic heterocycles. The first kappa shape index (κ1) is 16.4. The van der Waals surface area contributed by atoms with Crippen LogP contribution in [-0.4, -0.2) is 19.8 Å². The first-order valence-corrected chi connectivity index (χ1v) is 7.95. The summed E-state index contributed by atoms with van der Waals surface area (Å²) in [5.74, 6) is 1.83. The lowest BCUT2D eigenvalue weighted by atomic mass is 10.1. The van der Waals surface area contributed by atoms with Crippen LogP contribution >= 0.6 is 0 Å². The van der Waals surface area contributed by atoms with Gasteiger partial charge in [0, 0.05) is 6.42 Å². The van der Waals surface area contributed by atoms with Crippen LogP contribution in [0, 0.1) is 0 Å². The number of hydrogen-bond acceptors (Lipinski definition) is 3. The SMILES string of the molecule is CCc1cccc(OCCCOc2ccc(CCN)cc2)c1. The van der Waals surface area contributed by atoms with Crippen molar-refractivity contribution >= 4 is 0 Å². The smallest absolute Gasteiger partial charge is 0.119 e. The van der Waals surface area contributed by atoms with Gasteiger partial charge in [-0.05, 0) is 54.8 Å². The number of benzene rings is 2. The first-order chi connectivity index (χ1) is 10.8. The van der Waals surface area contributed by atoms with Crippen molar-refractivity contribution in [2.75, 3.05) is 19.8 Å². The summed E-state index contributed by atoms with van der Waals surface area (Å²) in [6, 6.07) is 16.4. The van der Waals surface area contributed by atoms with E-state index in [0.717, 1.165) is 30.8 Å². The van der Waals surface area contributed by atoms with Crippen LogP contribution in [0.25, 0.3) is 0 Å². The van der Waals surface area contributed by atoms with Crippen LogP contribution in [0.15, 0.2) is 48.5 Å². The number of rotatable bonds is 9. The minimum atomic E-state index is 0.656. The van der Waals surface area contributed by atoms with Crippen LogP contribution in [0.1, 0.15) is 24.5 Å². The Labute approximate surface area is 133 Å². The van der Waals surface area contributed by atoms with Gasteiger partial charge in [-0.2, -0.15) is 0 Å². The molecule has 0 unspecified atom stereocenters. The molecule has 118 valence electrons. The second-order valence-corrected chi connectivity index (χ2v) is 5.23. The zero-order valence-electron chi connectivity index (χ0n) is 13.3. The molecule has 0 aliphatic rings. The summed E-state index contributed by atoms with van der Waals surface area (Å²) in [7, 11) is 0. The first-order valence-electron chi connectivity index (χ1n) is 7.95. The van der Waals surface area contributed by atoms with Crippen LogP contribution < -0.4 is 15.2 Å². The molecule has 0 aliphatic heterocycles. The van der Waals surface area contributed by atoms with Gasteiger partial charge in [-0.15, -0.1) is 0 Å². The molecule has 0 bridgehead atoms. The highest BCUT2D eigenvalue weighted by Crippen LogP contribution is 2.15. The van der Waals surface area contributed by atoms with E-state index in [4.69, 9.17) is 15.2 Å². The predicted octanol–water partition coefficient (Wildman–Crippen LogP) is 3.60. The third-order valence-electron chi connectivity index (χ3n) is 3.49. The van der Waals surface area contributed by atoms with Gasteiger partial charge in [0.05, 0.1) is 13.2 Å². The van der Waals surface area contributed by atoms with Crippen molar-refractivity contribution in [1.82, 2.24) is 0 Å². The molecule has 0 spiro atoms. The van der Waals surface area contributed by atoms with E-state index in [1.165, 1.54) is 11.1 Å². The van der Waals surface area contributed by atoms with E-state index in [1.807, 2.05) is 24.3 Å². The molecule has 22 heavy (non-hydrogen) atoms. The van der Waals surface area contributed by atoms with Crippen molar-refractivity contribution in [3.8, 4) is 11.5 Å². The van der Waals surface area contributed by atoms with E-state index >= 15 is 0 Å². The second-order valence-electron chi connectivity index (χ2n) is 5.23. The van der Waals surface area contributed by atoms with Gasteiger partial charge in [0.25, 0.3) is 0 Å². The van der Waals surface area contributed by atoms with E-state index in [2.05, 4.69) is 31.2 Å². The Morgan fingerprint density at radius 3 is 2.27 bits per heavy atom. The van der Waals surface area contributed by atoms with E-state index in [0.29, 0.717) is 19.8 Å². The maximum Gasteiger partial charge on any atom is 0.119 e. The van der Waals surface area contributed by atoms with Crippen LogP contribution in [0.3, 0.4) is 0 Å². The van der Waals surface area contributed by atoms with Gasteiger partial charge in [0.15, 0.2) is 0 Å². The van der Waals surface area contributed by atoms with Crippen molar-refractivity contribution in [2.45, 2.75) is 26.2 Å². The molecule has 3 heteroatoms. The fourth-order valence-corrected chi connectivity index (χ4v) is 2.21. The Balaban J connectivity index is 1.66. The van der Waals surface area contributed by atoms with Crippen molar-refractivity contribution in [1.29, 1.82) is 0 Å². The topological polar surface area (TPSA) is 44.5 Å². The van der Waals surface area contributed by atoms with Crippen molar-refractivity contribution in [3.05, 3.63) is 59.7 Å². The Hall–Kier alpha value is -2.00. The summed E-state index contributed by atoms with van der Waals surface area (Å²) in [6.45, 7) is 4.14. The number of ether oxygens (including phenoxy) is 2. The molecule has 0 saturated carbocycles. The number of aryl methyl sites for hydroxylation is 1. The molecule has 2 rings (SSSR count). The lowest BCUT2D eigenvalue weighted by molar-refractivity contribution is 0.247. The van der Waals surface area contributed by atoms with Crippen molar-refractivity contribution < 1.29 is 9.47 Å². The Kier molecular flexibility index (Phi) is 6.78. The molecule has 0 radical (unpaired) electrons. The Bertz CT molecular complexity index is 552. The molecule has 0 fully saturated rings. The quantitative estimate of drug-likeness (QED) is 0.720. The highest BCUT2D eigenvalue weighted by Gasteiger charge is 1.98. The molecule has 0 saturated heterocycles. The van der Waals surface area contributed by atoms with E-state index in [1.54, 1.807) is 0 Å². The van der Waals surface area contributed by atoms with Gasteiger partial charge >= 0.3 is 0 Å². The largest absolute Gasteiger partial charge is 0.493 e. The molecule has 0 atom stereocenters. The molecule has 0 amide bonds. The van der Waals surface area contributed by atoms with Gasteiger partial charge in [0.1, 0.15) is 11.5 Å². The van der Waals surface area contributed by atoms with Crippen LogP contribution in [-0.2, 0) is 12.8 Å². The van der Waals surface area contributed by atoms with E-state index in [-0.39, 0.29) is 0 Å². The lowest BCUT2D eigenvalue weighted by Crippen LogP contribution is -2.05. The summed E-state index contributed by atoms with van der Waals surface area (Å²) in [4.78, 5) is 0. The molecular weight excluding hydrogens is 274 g/mol. The molecule has 3 nitrogen and oxygen atoms in total. The normalized spacial score (nSPS) is 10.5. The molecule has 2 aromatic rings. The second kappa shape index (κ2) is 9.11. The molecule has 0 aliphatic carbocycles. The average molecular weight is 299 g/mol. The van der Waals surface area contributed by atoms with E-state index in [9.17, 15) is 0 Å². The predicted molar refractivity (Wildman–Crippen MR) is 90.6 cm³/mol.